The van der Waals surface area contributed by atoms with Gasteiger partial charge in [-0.05, 0) is 24.3 Å². The van der Waals surface area contributed by atoms with Crippen LogP contribution in [-0.2, 0) is 4.79 Å². The van der Waals surface area contributed by atoms with Crippen LogP contribution < -0.4 is 10.6 Å². The van der Waals surface area contributed by atoms with E-state index in [1.165, 1.54) is 0 Å². The third-order valence-corrected chi connectivity index (χ3v) is 3.70. The largest absolute Gasteiger partial charge is 0.367 e. The van der Waals surface area contributed by atoms with E-state index in [0.29, 0.717) is 10.8 Å². The van der Waals surface area contributed by atoms with Crippen molar-refractivity contribution >= 4 is 44.8 Å². The van der Waals surface area contributed by atoms with Gasteiger partial charge in [0.1, 0.15) is 6.04 Å². The van der Waals surface area contributed by atoms with Crippen molar-refractivity contribution in [2.75, 3.05) is 10.6 Å². The number of carbonyl (C=O) groups excluding carboxylic acids is 1. The van der Waals surface area contributed by atoms with Crippen LogP contribution in [-0.4, -0.2) is 10.9 Å². The second-order valence-electron chi connectivity index (χ2n) is 4.14. The Morgan fingerprint density at radius 2 is 2.21 bits per heavy atom. The first-order valence-electron chi connectivity index (χ1n) is 5.62. The first-order valence-corrected chi connectivity index (χ1v) is 6.79. The van der Waals surface area contributed by atoms with E-state index in [1.807, 2.05) is 18.2 Å². The molecular formula is C13H9BrClN3O. The molecule has 0 spiro atoms. The van der Waals surface area contributed by atoms with Crippen LogP contribution in [0.1, 0.15) is 11.6 Å². The van der Waals surface area contributed by atoms with Gasteiger partial charge in [0, 0.05) is 21.9 Å². The van der Waals surface area contributed by atoms with Gasteiger partial charge in [-0.1, -0.05) is 33.6 Å². The highest BCUT2D eigenvalue weighted by molar-refractivity contribution is 9.10. The highest BCUT2D eigenvalue weighted by atomic mass is 79.9. The molecule has 0 bridgehead atoms. The van der Waals surface area contributed by atoms with Crippen LogP contribution >= 0.6 is 27.5 Å². The van der Waals surface area contributed by atoms with Gasteiger partial charge in [-0.25, -0.2) is 4.98 Å². The molecule has 0 aliphatic carbocycles. The summed E-state index contributed by atoms with van der Waals surface area (Å²) in [6.45, 7) is 0. The molecule has 1 aromatic carbocycles. The minimum atomic E-state index is -0.454. The first-order chi connectivity index (χ1) is 9.15. The lowest BCUT2D eigenvalue weighted by Crippen LogP contribution is -2.19. The SMILES string of the molecule is O=C1Nc2cc(Br)ccc2C1Nc1cccnc1Cl. The fourth-order valence-electron chi connectivity index (χ4n) is 2.03. The van der Waals surface area contributed by atoms with E-state index in [2.05, 4.69) is 31.5 Å². The molecule has 0 radical (unpaired) electrons. The zero-order valence-electron chi connectivity index (χ0n) is 9.65. The molecule has 1 aliphatic heterocycles. The second-order valence-corrected chi connectivity index (χ2v) is 5.41. The maximum absolute atomic E-state index is 12.0. The van der Waals surface area contributed by atoms with Gasteiger partial charge in [-0.2, -0.15) is 0 Å². The summed E-state index contributed by atoms with van der Waals surface area (Å²) in [5.41, 5.74) is 2.34. The van der Waals surface area contributed by atoms with Crippen molar-refractivity contribution in [2.45, 2.75) is 6.04 Å². The molecule has 1 aliphatic rings. The van der Waals surface area contributed by atoms with Gasteiger partial charge in [-0.15, -0.1) is 0 Å². The number of pyridine rings is 1. The van der Waals surface area contributed by atoms with Gasteiger partial charge in [-0.3, -0.25) is 4.79 Å². The Balaban J connectivity index is 1.95. The summed E-state index contributed by atoms with van der Waals surface area (Å²) in [5.74, 6) is -0.104. The van der Waals surface area contributed by atoms with Crippen LogP contribution in [0.4, 0.5) is 11.4 Å². The molecule has 6 heteroatoms. The highest BCUT2D eigenvalue weighted by Gasteiger charge is 2.30. The number of rotatable bonds is 2. The van der Waals surface area contributed by atoms with Gasteiger partial charge in [0.05, 0.1) is 5.69 Å². The fraction of sp³-hybridized carbons (Fsp3) is 0.0769. The number of fused-ring (bicyclic) bond motifs is 1. The Hall–Kier alpha value is -1.59. The average Bonchev–Trinajstić information content (AvgIpc) is 2.68. The Morgan fingerprint density at radius 1 is 1.37 bits per heavy atom. The lowest BCUT2D eigenvalue weighted by atomic mass is 10.1. The van der Waals surface area contributed by atoms with Crippen LogP contribution in [0.2, 0.25) is 5.15 Å². The van der Waals surface area contributed by atoms with Crippen LogP contribution in [0.3, 0.4) is 0 Å². The average molecular weight is 339 g/mol. The Bertz CT molecular complexity index is 662. The van der Waals surface area contributed by atoms with Crippen molar-refractivity contribution < 1.29 is 4.79 Å². The van der Waals surface area contributed by atoms with E-state index >= 15 is 0 Å². The molecule has 1 atom stereocenters. The van der Waals surface area contributed by atoms with E-state index in [4.69, 9.17) is 11.6 Å². The normalized spacial score (nSPS) is 16.9. The van der Waals surface area contributed by atoms with E-state index in [9.17, 15) is 4.79 Å². The summed E-state index contributed by atoms with van der Waals surface area (Å²) in [7, 11) is 0. The zero-order valence-corrected chi connectivity index (χ0v) is 12.0. The van der Waals surface area contributed by atoms with Crippen molar-refractivity contribution in [1.29, 1.82) is 0 Å². The van der Waals surface area contributed by atoms with Crippen LogP contribution in [0.25, 0.3) is 0 Å². The summed E-state index contributed by atoms with van der Waals surface area (Å²) in [5, 5.41) is 6.29. The molecule has 3 rings (SSSR count). The number of hydrogen-bond donors (Lipinski definition) is 2. The molecule has 4 nitrogen and oxygen atoms in total. The molecule has 1 unspecified atom stereocenters. The van der Waals surface area contributed by atoms with Gasteiger partial charge < -0.3 is 10.6 Å². The van der Waals surface area contributed by atoms with Crippen molar-refractivity contribution in [3.8, 4) is 0 Å². The maximum Gasteiger partial charge on any atom is 0.251 e. The Morgan fingerprint density at radius 3 is 3.00 bits per heavy atom. The zero-order chi connectivity index (χ0) is 13.4. The number of carbonyl (C=O) groups is 1. The van der Waals surface area contributed by atoms with Crippen molar-refractivity contribution in [3.63, 3.8) is 0 Å². The lowest BCUT2D eigenvalue weighted by molar-refractivity contribution is -0.116. The molecule has 96 valence electrons. The third kappa shape index (κ3) is 2.31. The van der Waals surface area contributed by atoms with Crippen molar-refractivity contribution in [3.05, 3.63) is 51.7 Å². The molecule has 19 heavy (non-hydrogen) atoms. The predicted octanol–water partition coefficient (Wildman–Crippen LogP) is 3.60. The molecule has 0 fully saturated rings. The van der Waals surface area contributed by atoms with E-state index in [-0.39, 0.29) is 5.91 Å². The summed E-state index contributed by atoms with van der Waals surface area (Å²) < 4.78 is 0.923. The van der Waals surface area contributed by atoms with Crippen LogP contribution in [0.5, 0.6) is 0 Å². The van der Waals surface area contributed by atoms with Gasteiger partial charge in [0.15, 0.2) is 5.15 Å². The highest BCUT2D eigenvalue weighted by Crippen LogP contribution is 2.35. The molecule has 2 heterocycles. The number of amides is 1. The van der Waals surface area contributed by atoms with E-state index in [1.54, 1.807) is 18.3 Å². The fourth-order valence-corrected chi connectivity index (χ4v) is 2.56. The number of anilines is 2. The summed E-state index contributed by atoms with van der Waals surface area (Å²) in [6, 6.07) is 8.78. The number of aromatic nitrogens is 1. The molecule has 0 saturated heterocycles. The molecule has 2 N–H and O–H groups in total. The lowest BCUT2D eigenvalue weighted by Gasteiger charge is -2.13. The smallest absolute Gasteiger partial charge is 0.251 e. The van der Waals surface area contributed by atoms with Crippen molar-refractivity contribution in [1.82, 2.24) is 4.98 Å². The maximum atomic E-state index is 12.0. The quantitative estimate of drug-likeness (QED) is 0.823. The summed E-state index contributed by atoms with van der Waals surface area (Å²) >= 11 is 9.37. The standard InChI is InChI=1S/C13H9BrClN3O/c14-7-3-4-8-10(6-7)18-13(19)11(8)17-9-2-1-5-16-12(9)15/h1-6,11,17H,(H,18,19). The van der Waals surface area contributed by atoms with Gasteiger partial charge in [0.2, 0.25) is 0 Å². The molecular weight excluding hydrogens is 330 g/mol. The molecule has 1 amide bonds. The number of hydrogen-bond acceptors (Lipinski definition) is 3. The third-order valence-electron chi connectivity index (χ3n) is 2.91. The number of benzene rings is 1. The number of nitrogens with one attached hydrogen (secondary N) is 2. The van der Waals surface area contributed by atoms with Gasteiger partial charge in [0.25, 0.3) is 5.91 Å². The molecule has 0 saturated carbocycles. The molecule has 2 aromatic rings. The summed E-state index contributed by atoms with van der Waals surface area (Å²) in [6.07, 6.45) is 1.60. The first kappa shape index (κ1) is 12.4. The second kappa shape index (κ2) is 4.83. The topological polar surface area (TPSA) is 54.0 Å². The minimum Gasteiger partial charge on any atom is -0.367 e. The van der Waals surface area contributed by atoms with Crippen molar-refractivity contribution in [2.24, 2.45) is 0 Å². The Kier molecular flexibility index (Phi) is 3.16. The summed E-state index contributed by atoms with van der Waals surface area (Å²) in [4.78, 5) is 16.0. The minimum absolute atomic E-state index is 0.104. The number of halogens is 2. The van der Waals surface area contributed by atoms with Gasteiger partial charge >= 0.3 is 0 Å². The number of nitrogens with zero attached hydrogens (tertiary/aromatic N) is 1. The van der Waals surface area contributed by atoms with Crippen LogP contribution in [0, 0.1) is 0 Å². The monoisotopic (exact) mass is 337 g/mol. The van der Waals surface area contributed by atoms with E-state index in [0.717, 1.165) is 15.7 Å². The predicted molar refractivity (Wildman–Crippen MR) is 78.4 cm³/mol. The van der Waals surface area contributed by atoms with Crippen LogP contribution in [0.15, 0.2) is 41.0 Å². The molecule has 1 aromatic heterocycles. The Labute approximate surface area is 123 Å². The van der Waals surface area contributed by atoms with E-state index < -0.39 is 6.04 Å².